The van der Waals surface area contributed by atoms with E-state index in [9.17, 15) is 0 Å². The van der Waals surface area contributed by atoms with Crippen molar-refractivity contribution in [1.82, 2.24) is 0 Å². The van der Waals surface area contributed by atoms with Crippen molar-refractivity contribution < 1.29 is 30.0 Å². The molecule has 0 atom stereocenters. The maximum atomic E-state index is 5.90. The predicted molar refractivity (Wildman–Crippen MR) is 65.7 cm³/mol. The molecule has 0 amide bonds. The van der Waals surface area contributed by atoms with E-state index in [2.05, 4.69) is 31.2 Å². The molecule has 0 aromatic heterocycles. The van der Waals surface area contributed by atoms with E-state index in [1.807, 2.05) is 20.8 Å². The third-order valence-corrected chi connectivity index (χ3v) is 9.90. The first-order chi connectivity index (χ1) is 8.18. The van der Waals surface area contributed by atoms with Gasteiger partial charge in [-0.25, -0.2) is 0 Å². The van der Waals surface area contributed by atoms with Gasteiger partial charge in [0.15, 0.2) is 0 Å². The van der Waals surface area contributed by atoms with Crippen molar-refractivity contribution in [3.05, 3.63) is 29.8 Å². The molecule has 0 aliphatic carbocycles. The Kier molecular flexibility index (Phi) is 6.57. The first kappa shape index (κ1) is 15.0. The summed E-state index contributed by atoms with van der Waals surface area (Å²) in [6, 6.07) is 8.31. The molecule has 0 aliphatic heterocycles. The molecule has 0 spiro atoms. The van der Waals surface area contributed by atoms with Crippen molar-refractivity contribution in [1.29, 1.82) is 0 Å². The normalized spacial score (nSPS) is 11.8. The molecule has 4 heteroatoms. The molecule has 0 saturated heterocycles. The van der Waals surface area contributed by atoms with Crippen LogP contribution in [0.2, 0.25) is 0 Å². The predicted octanol–water partition coefficient (Wildman–Crippen LogP) is 2.63. The second-order valence-corrected chi connectivity index (χ2v) is 10.0. The van der Waals surface area contributed by atoms with Crippen LogP contribution in [-0.2, 0) is 30.0 Å². The van der Waals surface area contributed by atoms with Gasteiger partial charge in [-0.3, -0.25) is 0 Å². The molecule has 0 bridgehead atoms. The molecular weight excluding hydrogens is 295 g/mol. The number of rotatable bonds is 7. The Morgan fingerprint density at radius 2 is 1.24 bits per heavy atom. The van der Waals surface area contributed by atoms with Crippen LogP contribution >= 0.6 is 0 Å². The zero-order valence-corrected chi connectivity index (χ0v) is 13.6. The number of hydrogen-bond acceptors (Lipinski definition) is 3. The fourth-order valence-electron chi connectivity index (χ4n) is 1.70. The number of aryl methyl sites for hydroxylation is 1. The molecule has 0 fully saturated rings. The van der Waals surface area contributed by atoms with Gasteiger partial charge in [0.1, 0.15) is 0 Å². The minimum atomic E-state index is -3.53. The summed E-state index contributed by atoms with van der Waals surface area (Å²) in [6.07, 6.45) is 0. The molecule has 0 N–H and O–H groups in total. The van der Waals surface area contributed by atoms with E-state index in [1.54, 1.807) is 0 Å². The summed E-state index contributed by atoms with van der Waals surface area (Å²) < 4.78 is 18.8. The SMILES string of the molecule is CC[O][Zr]([O]CC)([O]CC)[c]1ccc(C)cc1. The Bertz CT molecular complexity index is 307. The van der Waals surface area contributed by atoms with Gasteiger partial charge in [-0.15, -0.1) is 0 Å². The fourth-order valence-corrected chi connectivity index (χ4v) is 7.76. The van der Waals surface area contributed by atoms with E-state index in [-0.39, 0.29) is 0 Å². The Labute approximate surface area is 110 Å². The van der Waals surface area contributed by atoms with Crippen LogP contribution in [0.4, 0.5) is 0 Å². The van der Waals surface area contributed by atoms with E-state index < -0.39 is 21.6 Å². The summed E-state index contributed by atoms with van der Waals surface area (Å²) in [7, 11) is 0. The molecular formula is C13H22O3Zr. The Hall–Kier alpha value is -0.0169. The van der Waals surface area contributed by atoms with E-state index in [0.29, 0.717) is 19.8 Å². The van der Waals surface area contributed by atoms with Gasteiger partial charge in [-0.2, -0.15) is 0 Å². The van der Waals surface area contributed by atoms with Crippen LogP contribution < -0.4 is 3.27 Å². The zero-order chi connectivity index (χ0) is 12.7. The van der Waals surface area contributed by atoms with Crippen LogP contribution in [-0.4, -0.2) is 19.8 Å². The van der Waals surface area contributed by atoms with Crippen molar-refractivity contribution in [2.75, 3.05) is 19.8 Å². The van der Waals surface area contributed by atoms with Crippen molar-refractivity contribution in [3.8, 4) is 0 Å². The molecule has 1 aromatic carbocycles. The van der Waals surface area contributed by atoms with E-state index in [4.69, 9.17) is 8.44 Å². The van der Waals surface area contributed by atoms with E-state index >= 15 is 0 Å². The van der Waals surface area contributed by atoms with Crippen molar-refractivity contribution >= 4 is 3.27 Å². The van der Waals surface area contributed by atoms with Crippen molar-refractivity contribution in [3.63, 3.8) is 0 Å². The molecule has 96 valence electrons. The van der Waals surface area contributed by atoms with Crippen LogP contribution in [0.3, 0.4) is 0 Å². The number of hydrogen-bond donors (Lipinski definition) is 0. The van der Waals surface area contributed by atoms with Crippen LogP contribution in [0.5, 0.6) is 0 Å². The molecule has 0 heterocycles. The summed E-state index contributed by atoms with van der Waals surface area (Å²) in [5.41, 5.74) is 1.23. The molecule has 1 aromatic rings. The monoisotopic (exact) mass is 316 g/mol. The Morgan fingerprint density at radius 3 is 1.59 bits per heavy atom. The van der Waals surface area contributed by atoms with Gasteiger partial charge in [0.2, 0.25) is 0 Å². The molecule has 0 unspecified atom stereocenters. The standard InChI is InChI=1S/C7H7.3C2H5O.Zr/c1-7-5-3-2-4-6-7;3*1-2-3;/h3-6H,1H3;3*2H2,1H3;/q;3*-1;+3. The third-order valence-electron chi connectivity index (χ3n) is 2.41. The van der Waals surface area contributed by atoms with E-state index in [0.717, 1.165) is 3.27 Å². The van der Waals surface area contributed by atoms with Crippen molar-refractivity contribution in [2.24, 2.45) is 0 Å². The first-order valence-corrected chi connectivity index (χ1v) is 10.4. The summed E-state index contributed by atoms with van der Waals surface area (Å²) >= 11 is -3.53. The maximum absolute atomic E-state index is 5.90. The number of benzene rings is 1. The summed E-state index contributed by atoms with van der Waals surface area (Å²) in [4.78, 5) is 0. The van der Waals surface area contributed by atoms with Gasteiger partial charge >= 0.3 is 111 Å². The summed E-state index contributed by atoms with van der Waals surface area (Å²) in [5, 5.41) is 0. The quantitative estimate of drug-likeness (QED) is 0.774. The van der Waals surface area contributed by atoms with Crippen LogP contribution in [0.1, 0.15) is 26.3 Å². The average Bonchev–Trinajstić information content (AvgIpc) is 2.30. The third kappa shape index (κ3) is 3.99. The molecule has 0 saturated carbocycles. The zero-order valence-electron chi connectivity index (χ0n) is 11.2. The van der Waals surface area contributed by atoms with Gasteiger partial charge in [-0.05, 0) is 0 Å². The summed E-state index contributed by atoms with van der Waals surface area (Å²) in [5.74, 6) is 0. The van der Waals surface area contributed by atoms with Gasteiger partial charge in [0.25, 0.3) is 0 Å². The van der Waals surface area contributed by atoms with Gasteiger partial charge in [0.05, 0.1) is 0 Å². The second-order valence-electron chi connectivity index (χ2n) is 3.72. The molecule has 1 rings (SSSR count). The van der Waals surface area contributed by atoms with E-state index in [1.165, 1.54) is 5.56 Å². The average molecular weight is 318 g/mol. The van der Waals surface area contributed by atoms with Gasteiger partial charge in [0, 0.05) is 0 Å². The van der Waals surface area contributed by atoms with Crippen LogP contribution in [0.25, 0.3) is 0 Å². The Balaban J connectivity index is 3.04. The van der Waals surface area contributed by atoms with Crippen LogP contribution in [0, 0.1) is 6.92 Å². The second kappa shape index (κ2) is 7.42. The topological polar surface area (TPSA) is 27.7 Å². The molecule has 3 nitrogen and oxygen atoms in total. The molecule has 0 aliphatic rings. The Morgan fingerprint density at radius 1 is 0.824 bits per heavy atom. The van der Waals surface area contributed by atoms with Crippen molar-refractivity contribution in [2.45, 2.75) is 27.7 Å². The van der Waals surface area contributed by atoms with Crippen LogP contribution in [0.15, 0.2) is 24.3 Å². The minimum absolute atomic E-state index is 0.629. The first-order valence-electron chi connectivity index (χ1n) is 6.17. The molecule has 0 radical (unpaired) electrons. The van der Waals surface area contributed by atoms with Gasteiger partial charge in [-0.1, -0.05) is 0 Å². The summed E-state index contributed by atoms with van der Waals surface area (Å²) in [6.45, 7) is 9.91. The molecule has 17 heavy (non-hydrogen) atoms. The van der Waals surface area contributed by atoms with Gasteiger partial charge < -0.3 is 0 Å². The fraction of sp³-hybridized carbons (Fsp3) is 0.538.